The zero-order valence-electron chi connectivity index (χ0n) is 19.0. The maximum absolute atomic E-state index is 13.6. The van der Waals surface area contributed by atoms with E-state index in [0.29, 0.717) is 16.9 Å². The Kier molecular flexibility index (Phi) is 6.87. The van der Waals surface area contributed by atoms with Gasteiger partial charge < -0.3 is 19.8 Å². The fourth-order valence-electron chi connectivity index (χ4n) is 3.49. The van der Waals surface area contributed by atoms with Gasteiger partial charge in [-0.1, -0.05) is 24.3 Å². The highest BCUT2D eigenvalue weighted by Gasteiger charge is 2.13. The number of halogens is 1. The summed E-state index contributed by atoms with van der Waals surface area (Å²) in [5.41, 5.74) is 3.76. The lowest BCUT2D eigenvalue weighted by molar-refractivity contribution is 0.0925. The fourth-order valence-corrected chi connectivity index (χ4v) is 3.49. The molecule has 2 N–H and O–H groups in total. The van der Waals surface area contributed by atoms with Crippen LogP contribution in [0, 0.1) is 19.7 Å². The third-order valence-corrected chi connectivity index (χ3v) is 5.37. The van der Waals surface area contributed by atoms with Gasteiger partial charge in [0, 0.05) is 31.0 Å². The van der Waals surface area contributed by atoms with Gasteiger partial charge in [-0.15, -0.1) is 0 Å². The number of ether oxygens (including phenoxy) is 1. The number of aromatic nitrogens is 2. The van der Waals surface area contributed by atoms with Gasteiger partial charge >= 0.3 is 0 Å². The van der Waals surface area contributed by atoms with Crippen molar-refractivity contribution in [3.8, 4) is 5.75 Å². The molecule has 0 aliphatic heterocycles. The molecule has 174 valence electrons. The maximum Gasteiger partial charge on any atom is 0.255 e. The summed E-state index contributed by atoms with van der Waals surface area (Å²) in [6.07, 6.45) is 3.82. The molecule has 0 atom stereocenters. The van der Waals surface area contributed by atoms with Crippen LogP contribution < -0.4 is 15.4 Å². The Balaban J connectivity index is 1.31. The van der Waals surface area contributed by atoms with Gasteiger partial charge in [0.1, 0.15) is 23.8 Å². The lowest BCUT2D eigenvalue weighted by atomic mass is 10.1. The molecular formula is C26H25FN4O3. The molecule has 2 aromatic heterocycles. The summed E-state index contributed by atoms with van der Waals surface area (Å²) in [5, 5.41) is 5.44. The molecule has 0 aliphatic carbocycles. The van der Waals surface area contributed by atoms with Crippen LogP contribution in [0.2, 0.25) is 0 Å². The van der Waals surface area contributed by atoms with Crippen molar-refractivity contribution < 1.29 is 18.7 Å². The molecule has 2 heterocycles. The first-order chi connectivity index (χ1) is 16.4. The van der Waals surface area contributed by atoms with E-state index in [1.807, 2.05) is 35.9 Å². The minimum Gasteiger partial charge on any atom is -0.486 e. The number of aryl methyl sites for hydroxylation is 2. The Morgan fingerprint density at radius 1 is 0.971 bits per heavy atom. The van der Waals surface area contributed by atoms with E-state index < -0.39 is 11.7 Å². The third-order valence-electron chi connectivity index (χ3n) is 5.37. The van der Waals surface area contributed by atoms with Crippen LogP contribution in [0.25, 0.3) is 5.65 Å². The molecule has 8 heteroatoms. The van der Waals surface area contributed by atoms with E-state index in [9.17, 15) is 14.0 Å². The minimum absolute atomic E-state index is 0.198. The smallest absolute Gasteiger partial charge is 0.255 e. The standard InChI is InChI=1S/C26H25FN4O3/c1-17-9-10-19(14-22(17)27)25(32)28-11-12-29-26(33)21-7-3-4-8-23(21)34-16-20-15-31-13-5-6-18(2)24(31)30-20/h3-10,13-15H,11-12,16H2,1-2H3,(H,28,32)(H,29,33). The number of benzene rings is 2. The fraction of sp³-hybridized carbons (Fsp3) is 0.192. The van der Waals surface area contributed by atoms with Gasteiger partial charge in [0.15, 0.2) is 0 Å². The van der Waals surface area contributed by atoms with Gasteiger partial charge in [0.2, 0.25) is 0 Å². The van der Waals surface area contributed by atoms with Crippen LogP contribution in [0.5, 0.6) is 5.75 Å². The molecule has 0 aliphatic rings. The normalized spacial score (nSPS) is 10.8. The lowest BCUT2D eigenvalue weighted by Gasteiger charge is -2.11. The Hall–Kier alpha value is -4.20. The van der Waals surface area contributed by atoms with Gasteiger partial charge in [-0.3, -0.25) is 9.59 Å². The number of amides is 2. The Bertz CT molecular complexity index is 1350. The Labute approximate surface area is 196 Å². The first-order valence-corrected chi connectivity index (χ1v) is 10.9. The predicted molar refractivity (Wildman–Crippen MR) is 127 cm³/mol. The second-order valence-electron chi connectivity index (χ2n) is 7.91. The van der Waals surface area contributed by atoms with E-state index in [-0.39, 0.29) is 31.2 Å². The summed E-state index contributed by atoms with van der Waals surface area (Å²) in [6.45, 7) is 4.25. The number of pyridine rings is 1. The molecule has 0 radical (unpaired) electrons. The van der Waals surface area contributed by atoms with Gasteiger partial charge in [-0.25, -0.2) is 9.37 Å². The van der Waals surface area contributed by atoms with Crippen LogP contribution in [0.3, 0.4) is 0 Å². The van der Waals surface area contributed by atoms with Crippen LogP contribution in [0.1, 0.15) is 37.5 Å². The SMILES string of the molecule is Cc1ccc(C(=O)NCCNC(=O)c2ccccc2OCc2cn3cccc(C)c3n2)cc1F. The topological polar surface area (TPSA) is 84.7 Å². The summed E-state index contributed by atoms with van der Waals surface area (Å²) < 4.78 is 21.5. The molecular weight excluding hydrogens is 435 g/mol. The Morgan fingerprint density at radius 3 is 2.50 bits per heavy atom. The first-order valence-electron chi connectivity index (χ1n) is 10.9. The zero-order chi connectivity index (χ0) is 24.1. The van der Waals surface area contributed by atoms with Crippen LogP contribution in [-0.4, -0.2) is 34.3 Å². The number of carbonyl (C=O) groups is 2. The largest absolute Gasteiger partial charge is 0.486 e. The Morgan fingerprint density at radius 2 is 1.74 bits per heavy atom. The number of fused-ring (bicyclic) bond motifs is 1. The summed E-state index contributed by atoms with van der Waals surface area (Å²) >= 11 is 0. The van der Waals surface area contributed by atoms with Crippen molar-refractivity contribution in [2.75, 3.05) is 13.1 Å². The van der Waals surface area contributed by atoms with Crippen molar-refractivity contribution in [2.24, 2.45) is 0 Å². The average molecular weight is 461 g/mol. The molecule has 0 saturated heterocycles. The number of para-hydroxylation sites is 1. The number of nitrogens with one attached hydrogen (secondary N) is 2. The van der Waals surface area contributed by atoms with Crippen LogP contribution in [0.15, 0.2) is 67.0 Å². The zero-order valence-corrected chi connectivity index (χ0v) is 19.0. The molecule has 7 nitrogen and oxygen atoms in total. The predicted octanol–water partition coefficient (Wildman–Crippen LogP) is 3.83. The van der Waals surface area contributed by atoms with E-state index >= 15 is 0 Å². The molecule has 2 amide bonds. The van der Waals surface area contributed by atoms with Crippen LogP contribution in [-0.2, 0) is 6.61 Å². The summed E-state index contributed by atoms with van der Waals surface area (Å²) in [6, 6.07) is 15.2. The van der Waals surface area contributed by atoms with Crippen molar-refractivity contribution in [1.82, 2.24) is 20.0 Å². The molecule has 4 rings (SSSR count). The quantitative estimate of drug-likeness (QED) is 0.392. The van der Waals surface area contributed by atoms with Gasteiger partial charge in [-0.2, -0.15) is 0 Å². The maximum atomic E-state index is 13.6. The number of imidazole rings is 1. The highest BCUT2D eigenvalue weighted by molar-refractivity contribution is 5.97. The van der Waals surface area contributed by atoms with Crippen molar-refractivity contribution in [3.05, 3.63) is 101 Å². The summed E-state index contributed by atoms with van der Waals surface area (Å²) in [5.74, 6) is -0.721. The number of hydrogen-bond donors (Lipinski definition) is 2. The highest BCUT2D eigenvalue weighted by atomic mass is 19.1. The van der Waals surface area contributed by atoms with E-state index in [4.69, 9.17) is 4.74 Å². The number of rotatable bonds is 8. The molecule has 0 spiro atoms. The molecule has 0 bridgehead atoms. The second-order valence-corrected chi connectivity index (χ2v) is 7.91. The highest BCUT2D eigenvalue weighted by Crippen LogP contribution is 2.20. The van der Waals surface area contributed by atoms with Gasteiger partial charge in [0.25, 0.3) is 11.8 Å². The van der Waals surface area contributed by atoms with Gasteiger partial charge in [-0.05, 0) is 55.3 Å². The second kappa shape index (κ2) is 10.2. The monoisotopic (exact) mass is 460 g/mol. The van der Waals surface area contributed by atoms with E-state index in [2.05, 4.69) is 15.6 Å². The molecule has 0 saturated carbocycles. The summed E-state index contributed by atoms with van der Waals surface area (Å²) in [7, 11) is 0. The average Bonchev–Trinajstić information content (AvgIpc) is 3.27. The number of nitrogens with zero attached hydrogens (tertiary/aromatic N) is 2. The third kappa shape index (κ3) is 5.23. The summed E-state index contributed by atoms with van der Waals surface area (Å²) in [4.78, 5) is 29.4. The van der Waals surface area contributed by atoms with Crippen LogP contribution >= 0.6 is 0 Å². The number of hydrogen-bond acceptors (Lipinski definition) is 4. The lowest BCUT2D eigenvalue weighted by Crippen LogP contribution is -2.34. The minimum atomic E-state index is -0.434. The van der Waals surface area contributed by atoms with Crippen molar-refractivity contribution in [3.63, 3.8) is 0 Å². The molecule has 2 aromatic carbocycles. The van der Waals surface area contributed by atoms with E-state index in [0.717, 1.165) is 16.9 Å². The molecule has 0 unspecified atom stereocenters. The van der Waals surface area contributed by atoms with Gasteiger partial charge in [0.05, 0.1) is 11.3 Å². The first kappa shape index (κ1) is 23.0. The van der Waals surface area contributed by atoms with E-state index in [1.165, 1.54) is 6.07 Å². The molecule has 4 aromatic rings. The van der Waals surface area contributed by atoms with Crippen molar-refractivity contribution in [1.29, 1.82) is 0 Å². The molecule has 34 heavy (non-hydrogen) atoms. The van der Waals surface area contributed by atoms with Crippen molar-refractivity contribution >= 4 is 17.5 Å². The molecule has 0 fully saturated rings. The van der Waals surface area contributed by atoms with E-state index in [1.54, 1.807) is 43.3 Å². The van der Waals surface area contributed by atoms with Crippen LogP contribution in [0.4, 0.5) is 4.39 Å². The number of carbonyl (C=O) groups excluding carboxylic acids is 2. The van der Waals surface area contributed by atoms with Crippen molar-refractivity contribution in [2.45, 2.75) is 20.5 Å².